The summed E-state index contributed by atoms with van der Waals surface area (Å²) >= 11 is 0. The molecule has 1 aliphatic rings. The van der Waals surface area contributed by atoms with E-state index in [-0.39, 0.29) is 25.3 Å². The number of hydrogen-bond acceptors (Lipinski definition) is 6. The monoisotopic (exact) mass is 420 g/mol. The minimum atomic E-state index is -0.938. The molecule has 10 heteroatoms. The van der Waals surface area contributed by atoms with Crippen LogP contribution in [0.25, 0.3) is 0 Å². The van der Waals surface area contributed by atoms with Gasteiger partial charge in [0.05, 0.1) is 6.61 Å². The van der Waals surface area contributed by atoms with E-state index in [9.17, 15) is 19.2 Å². The number of carbonyl (C=O) groups is 4. The predicted octanol–water partition coefficient (Wildman–Crippen LogP) is 1.11. The van der Waals surface area contributed by atoms with Gasteiger partial charge in [0.1, 0.15) is 17.0 Å². The van der Waals surface area contributed by atoms with Gasteiger partial charge in [-0.3, -0.25) is 30.1 Å². The van der Waals surface area contributed by atoms with Crippen LogP contribution in [0, 0.1) is 0 Å². The molecular formula is C20H28N4O6. The van der Waals surface area contributed by atoms with E-state index in [1.165, 1.54) is 0 Å². The number of amides is 5. The smallest absolute Gasteiger partial charge is 0.325 e. The van der Waals surface area contributed by atoms with Gasteiger partial charge >= 0.3 is 6.03 Å². The van der Waals surface area contributed by atoms with Gasteiger partial charge in [-0.2, -0.15) is 0 Å². The van der Waals surface area contributed by atoms with Gasteiger partial charge in [0.25, 0.3) is 11.8 Å². The second-order valence-electron chi connectivity index (χ2n) is 7.32. The van der Waals surface area contributed by atoms with Crippen LogP contribution in [-0.2, 0) is 14.4 Å². The summed E-state index contributed by atoms with van der Waals surface area (Å²) in [6, 6.07) is 6.36. The highest BCUT2D eigenvalue weighted by molar-refractivity contribution is 6.06. The zero-order valence-corrected chi connectivity index (χ0v) is 17.6. The Kier molecular flexibility index (Phi) is 7.62. The summed E-state index contributed by atoms with van der Waals surface area (Å²) in [5.41, 5.74) is 3.65. The summed E-state index contributed by atoms with van der Waals surface area (Å²) in [4.78, 5) is 48.9. The number of rotatable bonds is 9. The topological polar surface area (TPSA) is 126 Å². The first-order valence-corrected chi connectivity index (χ1v) is 9.76. The summed E-state index contributed by atoms with van der Waals surface area (Å²) in [5.74, 6) is -0.104. The zero-order valence-electron chi connectivity index (χ0n) is 17.6. The van der Waals surface area contributed by atoms with Crippen molar-refractivity contribution in [1.29, 1.82) is 0 Å². The number of nitrogens with zero attached hydrogens (tertiary/aromatic N) is 1. The predicted molar refractivity (Wildman–Crippen MR) is 108 cm³/mol. The fourth-order valence-electron chi connectivity index (χ4n) is 2.75. The zero-order chi connectivity index (χ0) is 22.3. The maximum absolute atomic E-state index is 12.1. The highest BCUT2D eigenvalue weighted by atomic mass is 16.5. The summed E-state index contributed by atoms with van der Waals surface area (Å²) in [7, 11) is 0. The quantitative estimate of drug-likeness (QED) is 0.406. The van der Waals surface area contributed by atoms with Gasteiger partial charge in [-0.1, -0.05) is 0 Å². The van der Waals surface area contributed by atoms with E-state index in [1.54, 1.807) is 45.0 Å². The maximum atomic E-state index is 12.1. The summed E-state index contributed by atoms with van der Waals surface area (Å²) < 4.78 is 10.9. The van der Waals surface area contributed by atoms with Gasteiger partial charge in [0.15, 0.2) is 6.10 Å². The summed E-state index contributed by atoms with van der Waals surface area (Å²) in [6.45, 7) is 7.34. The number of hydrazine groups is 1. The normalized spacial score (nSPS) is 15.9. The van der Waals surface area contributed by atoms with Crippen LogP contribution < -0.4 is 25.6 Å². The molecule has 1 aromatic rings. The van der Waals surface area contributed by atoms with Gasteiger partial charge in [-0.15, -0.1) is 0 Å². The molecule has 1 heterocycles. The van der Waals surface area contributed by atoms with Gasteiger partial charge < -0.3 is 14.8 Å². The lowest BCUT2D eigenvalue weighted by Gasteiger charge is -2.16. The average molecular weight is 420 g/mol. The number of benzene rings is 1. The Labute approximate surface area is 175 Å². The van der Waals surface area contributed by atoms with Crippen molar-refractivity contribution in [2.45, 2.75) is 52.2 Å². The highest BCUT2D eigenvalue weighted by Crippen LogP contribution is 2.19. The fraction of sp³-hybridized carbons (Fsp3) is 0.500. The van der Waals surface area contributed by atoms with Crippen LogP contribution in [0.15, 0.2) is 24.3 Å². The van der Waals surface area contributed by atoms with Crippen LogP contribution in [-0.4, -0.2) is 53.4 Å². The summed E-state index contributed by atoms with van der Waals surface area (Å²) in [6.07, 6.45) is -0.530. The molecule has 0 bridgehead atoms. The number of hydrogen-bond donors (Lipinski definition) is 3. The van der Waals surface area contributed by atoms with Crippen LogP contribution in [0.1, 0.15) is 40.5 Å². The number of carbonyl (C=O) groups excluding carboxylic acids is 4. The average Bonchev–Trinajstić information content (AvgIpc) is 2.89. The van der Waals surface area contributed by atoms with Gasteiger partial charge in [-0.05, 0) is 58.4 Å². The third-order valence-electron chi connectivity index (χ3n) is 4.37. The van der Waals surface area contributed by atoms with Crippen molar-refractivity contribution in [3.63, 3.8) is 0 Å². The SMILES string of the molecule is CCOc1ccc(OC(C)C(=O)NNC(=O)CCCN2C(=O)NC(C)(C)C2=O)cc1. The molecule has 1 unspecified atom stereocenters. The molecule has 0 aromatic heterocycles. The first kappa shape index (κ1) is 23.0. The van der Waals surface area contributed by atoms with Crippen molar-refractivity contribution < 1.29 is 28.7 Å². The van der Waals surface area contributed by atoms with E-state index >= 15 is 0 Å². The lowest BCUT2D eigenvalue weighted by atomic mass is 10.1. The molecule has 3 N–H and O–H groups in total. The molecule has 10 nitrogen and oxygen atoms in total. The Bertz CT molecular complexity index is 793. The molecule has 164 valence electrons. The molecule has 0 spiro atoms. The molecule has 1 aromatic carbocycles. The van der Waals surface area contributed by atoms with Crippen LogP contribution in [0.5, 0.6) is 11.5 Å². The third-order valence-corrected chi connectivity index (χ3v) is 4.37. The van der Waals surface area contributed by atoms with Crippen molar-refractivity contribution >= 4 is 23.8 Å². The molecule has 0 aliphatic carbocycles. The second-order valence-corrected chi connectivity index (χ2v) is 7.32. The number of urea groups is 1. The van der Waals surface area contributed by atoms with Crippen LogP contribution in [0.4, 0.5) is 4.79 Å². The van der Waals surface area contributed by atoms with Gasteiger partial charge in [0.2, 0.25) is 5.91 Å². The van der Waals surface area contributed by atoms with Crippen molar-refractivity contribution in [1.82, 2.24) is 21.1 Å². The lowest BCUT2D eigenvalue weighted by molar-refractivity contribution is -0.133. The van der Waals surface area contributed by atoms with Crippen molar-refractivity contribution in [2.24, 2.45) is 0 Å². The maximum Gasteiger partial charge on any atom is 0.325 e. The highest BCUT2D eigenvalue weighted by Gasteiger charge is 2.43. The standard InChI is InChI=1S/C20H28N4O6/c1-5-29-14-8-10-15(11-9-14)30-13(2)17(26)23-22-16(25)7-6-12-24-18(27)20(3,4)21-19(24)28/h8-11,13H,5-7,12H2,1-4H3,(H,21,28)(H,22,25)(H,23,26). The number of nitrogens with one attached hydrogen (secondary N) is 3. The molecule has 1 fully saturated rings. The molecular weight excluding hydrogens is 392 g/mol. The minimum absolute atomic E-state index is 0.0336. The molecule has 1 saturated heterocycles. The Hall–Kier alpha value is -3.30. The van der Waals surface area contributed by atoms with Gasteiger partial charge in [-0.25, -0.2) is 4.79 Å². The molecule has 0 saturated carbocycles. The van der Waals surface area contributed by atoms with Crippen molar-refractivity contribution in [3.05, 3.63) is 24.3 Å². The van der Waals surface area contributed by atoms with E-state index in [0.717, 1.165) is 4.90 Å². The Morgan fingerprint density at radius 2 is 1.77 bits per heavy atom. The molecule has 30 heavy (non-hydrogen) atoms. The number of ether oxygens (including phenoxy) is 2. The van der Waals surface area contributed by atoms with E-state index in [4.69, 9.17) is 9.47 Å². The molecule has 1 aliphatic heterocycles. The Morgan fingerprint density at radius 1 is 1.13 bits per heavy atom. The van der Waals surface area contributed by atoms with E-state index in [0.29, 0.717) is 18.1 Å². The van der Waals surface area contributed by atoms with Crippen molar-refractivity contribution in [2.75, 3.05) is 13.2 Å². The molecule has 2 rings (SSSR count). The lowest BCUT2D eigenvalue weighted by Crippen LogP contribution is -2.47. The summed E-state index contributed by atoms with van der Waals surface area (Å²) in [5, 5.41) is 2.57. The Morgan fingerprint density at radius 3 is 2.33 bits per heavy atom. The van der Waals surface area contributed by atoms with Crippen LogP contribution in [0.3, 0.4) is 0 Å². The van der Waals surface area contributed by atoms with E-state index in [1.807, 2.05) is 6.92 Å². The third kappa shape index (κ3) is 6.10. The van der Waals surface area contributed by atoms with Crippen LogP contribution >= 0.6 is 0 Å². The Balaban J connectivity index is 1.69. The molecule has 5 amide bonds. The minimum Gasteiger partial charge on any atom is -0.494 e. The largest absolute Gasteiger partial charge is 0.494 e. The van der Waals surface area contributed by atoms with E-state index in [2.05, 4.69) is 16.2 Å². The van der Waals surface area contributed by atoms with Crippen LogP contribution in [0.2, 0.25) is 0 Å². The molecule has 1 atom stereocenters. The first-order valence-electron chi connectivity index (χ1n) is 9.76. The second kappa shape index (κ2) is 9.95. The van der Waals surface area contributed by atoms with E-state index < -0.39 is 29.5 Å². The first-order chi connectivity index (χ1) is 14.1. The number of imide groups is 1. The van der Waals surface area contributed by atoms with Crippen molar-refractivity contribution in [3.8, 4) is 11.5 Å². The molecule has 0 radical (unpaired) electrons. The van der Waals surface area contributed by atoms with Gasteiger partial charge in [0, 0.05) is 13.0 Å². The fourth-order valence-corrected chi connectivity index (χ4v) is 2.75.